The molecule has 3 aromatic carbocycles. The first-order chi connectivity index (χ1) is 22.0. The number of anilines is 1. The van der Waals surface area contributed by atoms with Crippen LogP contribution >= 0.6 is 0 Å². The fraction of sp³-hybridized carbons (Fsp3) is 0.343. The number of amides is 2. The number of nitrogens with one attached hydrogen (secondary N) is 1. The first-order valence-electron chi connectivity index (χ1n) is 15.6. The summed E-state index contributed by atoms with van der Waals surface area (Å²) in [5.41, 5.74) is 1.20. The molecule has 1 aromatic heterocycles. The first kappa shape index (κ1) is 31.7. The average Bonchev–Trinajstić information content (AvgIpc) is 3.61. The lowest BCUT2D eigenvalue weighted by Crippen LogP contribution is -2.46. The van der Waals surface area contributed by atoms with Crippen LogP contribution in [0.2, 0.25) is 18.6 Å². The summed E-state index contributed by atoms with van der Waals surface area (Å²) in [4.78, 5) is 56.6. The number of nitrogens with zero attached hydrogens (tertiary/aromatic N) is 3. The molecule has 4 atom stereocenters. The average molecular weight is 641 g/mol. The van der Waals surface area contributed by atoms with Gasteiger partial charge in [0, 0.05) is 36.7 Å². The molecule has 10 nitrogen and oxygen atoms in total. The van der Waals surface area contributed by atoms with Gasteiger partial charge in [0.15, 0.2) is 13.9 Å². The van der Waals surface area contributed by atoms with E-state index in [0.717, 1.165) is 5.56 Å². The Morgan fingerprint density at radius 3 is 2.50 bits per heavy atom. The highest BCUT2D eigenvalue weighted by Crippen LogP contribution is 2.59. The number of para-hydroxylation sites is 1. The zero-order chi connectivity index (χ0) is 32.8. The van der Waals surface area contributed by atoms with Crippen LogP contribution in [0.5, 0.6) is 0 Å². The third kappa shape index (κ3) is 5.22. The zero-order valence-electron chi connectivity index (χ0n) is 26.3. The lowest BCUT2D eigenvalue weighted by Gasteiger charge is -2.32. The number of hydrogen-bond acceptors (Lipinski definition) is 6. The number of fused-ring (bicyclic) bond motifs is 3. The van der Waals surface area contributed by atoms with Crippen LogP contribution in [0.4, 0.5) is 5.69 Å². The van der Waals surface area contributed by atoms with Gasteiger partial charge in [-0.05, 0) is 49.0 Å². The van der Waals surface area contributed by atoms with Gasteiger partial charge in [-0.3, -0.25) is 19.5 Å². The monoisotopic (exact) mass is 640 g/mol. The SMILES string of the molecule is C=CCN1C(=O)[C@@]2(O[C@@H](CC(=O)N(CCO)Cc3ccccc3)[C@H]([Si](C)(C)O)[C@H]2C)c2cc(-n3[nH]c4ccccc4c3=O)ccc21. The van der Waals surface area contributed by atoms with Crippen molar-refractivity contribution in [2.24, 2.45) is 5.92 Å². The van der Waals surface area contributed by atoms with Gasteiger partial charge in [0.05, 0.1) is 41.4 Å². The van der Waals surface area contributed by atoms with Gasteiger partial charge in [-0.15, -0.1) is 6.58 Å². The lowest BCUT2D eigenvalue weighted by molar-refractivity contribution is -0.149. The van der Waals surface area contributed by atoms with Crippen molar-refractivity contribution in [2.75, 3.05) is 24.6 Å². The topological polar surface area (TPSA) is 128 Å². The molecule has 1 saturated heterocycles. The predicted molar refractivity (Wildman–Crippen MR) is 179 cm³/mol. The van der Waals surface area contributed by atoms with Crippen molar-refractivity contribution >= 4 is 36.7 Å². The maximum atomic E-state index is 14.5. The van der Waals surface area contributed by atoms with Crippen LogP contribution in [0.15, 0.2) is 90.2 Å². The second-order valence-electron chi connectivity index (χ2n) is 12.8. The maximum Gasteiger partial charge on any atom is 0.279 e. The summed E-state index contributed by atoms with van der Waals surface area (Å²) in [6.07, 6.45) is 0.827. The molecule has 0 saturated carbocycles. The van der Waals surface area contributed by atoms with Crippen LogP contribution in [0.25, 0.3) is 16.6 Å². The fourth-order valence-corrected chi connectivity index (χ4v) is 10.0. The highest BCUT2D eigenvalue weighted by Gasteiger charge is 2.66. The number of H-pyrrole nitrogens is 1. The Labute approximate surface area is 268 Å². The summed E-state index contributed by atoms with van der Waals surface area (Å²) in [7, 11) is -3.04. The Bertz CT molecular complexity index is 1850. The Kier molecular flexibility index (Phi) is 8.36. The van der Waals surface area contributed by atoms with Crippen LogP contribution in [-0.2, 0) is 26.5 Å². The summed E-state index contributed by atoms with van der Waals surface area (Å²) in [6.45, 7) is 9.89. The number of hydrogen-bond donors (Lipinski definition) is 3. The Balaban J connectivity index is 1.42. The number of rotatable bonds is 10. The molecule has 11 heteroatoms. The minimum absolute atomic E-state index is 0.0637. The minimum Gasteiger partial charge on any atom is -0.432 e. The van der Waals surface area contributed by atoms with Crippen LogP contribution < -0.4 is 10.5 Å². The number of benzene rings is 3. The van der Waals surface area contributed by atoms with Gasteiger partial charge < -0.3 is 24.4 Å². The molecular weight excluding hydrogens is 600 g/mol. The summed E-state index contributed by atoms with van der Waals surface area (Å²) in [6, 6.07) is 22.2. The van der Waals surface area contributed by atoms with E-state index in [9.17, 15) is 24.3 Å². The second-order valence-corrected chi connectivity index (χ2v) is 16.8. The van der Waals surface area contributed by atoms with Crippen molar-refractivity contribution in [3.63, 3.8) is 0 Å². The molecule has 2 aliphatic heterocycles. The third-order valence-electron chi connectivity index (χ3n) is 9.44. The molecule has 6 rings (SSSR count). The molecule has 1 fully saturated rings. The van der Waals surface area contributed by atoms with Gasteiger partial charge in [0.2, 0.25) is 5.91 Å². The number of ether oxygens (including phenoxy) is 1. The van der Waals surface area contributed by atoms with E-state index in [1.54, 1.807) is 28.0 Å². The van der Waals surface area contributed by atoms with Crippen molar-refractivity contribution in [3.05, 3.63) is 107 Å². The number of aliphatic hydroxyl groups is 1. The molecular formula is C35H40N4O6Si. The molecule has 0 unspecified atom stereocenters. The van der Waals surface area contributed by atoms with E-state index < -0.39 is 31.5 Å². The normalized spacial score (nSPS) is 22.5. The number of carbonyl (C=O) groups is 2. The van der Waals surface area contributed by atoms with E-state index in [2.05, 4.69) is 11.7 Å². The molecule has 3 N–H and O–H groups in total. The predicted octanol–water partition coefficient (Wildman–Crippen LogP) is 4.06. The van der Waals surface area contributed by atoms with Crippen LogP contribution in [0.3, 0.4) is 0 Å². The van der Waals surface area contributed by atoms with Crippen LogP contribution in [-0.4, -0.2) is 70.5 Å². The Morgan fingerprint density at radius 1 is 1.11 bits per heavy atom. The van der Waals surface area contributed by atoms with Gasteiger partial charge >= 0.3 is 0 Å². The third-order valence-corrected chi connectivity index (χ3v) is 11.9. The number of aliphatic hydroxyl groups excluding tert-OH is 1. The summed E-state index contributed by atoms with van der Waals surface area (Å²) < 4.78 is 8.30. The molecule has 2 amide bonds. The fourth-order valence-electron chi connectivity index (χ4n) is 7.47. The van der Waals surface area contributed by atoms with Gasteiger partial charge in [-0.2, -0.15) is 0 Å². The molecule has 240 valence electrons. The van der Waals surface area contributed by atoms with Crippen molar-refractivity contribution in [1.29, 1.82) is 0 Å². The van der Waals surface area contributed by atoms with Crippen molar-refractivity contribution < 1.29 is 24.2 Å². The molecule has 0 radical (unpaired) electrons. The molecule has 46 heavy (non-hydrogen) atoms. The molecule has 3 heterocycles. The lowest BCUT2D eigenvalue weighted by atomic mass is 9.82. The van der Waals surface area contributed by atoms with E-state index in [1.807, 2.05) is 80.7 Å². The molecule has 2 aliphatic rings. The van der Waals surface area contributed by atoms with Gasteiger partial charge in [0.1, 0.15) is 0 Å². The van der Waals surface area contributed by atoms with E-state index in [-0.39, 0.29) is 43.5 Å². The first-order valence-corrected chi connectivity index (χ1v) is 18.6. The quantitative estimate of drug-likeness (QED) is 0.177. The van der Waals surface area contributed by atoms with E-state index in [1.165, 1.54) is 4.68 Å². The van der Waals surface area contributed by atoms with E-state index >= 15 is 0 Å². The molecule has 0 bridgehead atoms. The second kappa shape index (κ2) is 12.1. The standard InChI is InChI=1S/C35H40N4O6Si/c1-5-17-38-29-16-15-25(39-33(42)26-13-9-10-14-28(26)36-39)20-27(29)35(34(38)43)23(2)32(46(3,4)44)30(45-35)21-31(41)37(18-19-40)22-24-11-7-6-8-12-24/h5-16,20,23,30,32,36,40,44H,1,17-19,21-22H2,2-4H3/t23-,30+,32-,35+/m1/s1. The smallest absolute Gasteiger partial charge is 0.279 e. The van der Waals surface area contributed by atoms with Crippen LogP contribution in [0, 0.1) is 5.92 Å². The zero-order valence-corrected chi connectivity index (χ0v) is 27.3. The van der Waals surface area contributed by atoms with Crippen molar-refractivity contribution in [2.45, 2.75) is 50.2 Å². The van der Waals surface area contributed by atoms with Crippen molar-refractivity contribution in [3.8, 4) is 5.69 Å². The largest absolute Gasteiger partial charge is 0.432 e. The number of aromatic nitrogens is 2. The van der Waals surface area contributed by atoms with E-state index in [4.69, 9.17) is 4.74 Å². The minimum atomic E-state index is -3.04. The maximum absolute atomic E-state index is 14.5. The van der Waals surface area contributed by atoms with Gasteiger partial charge in [0.25, 0.3) is 11.5 Å². The Morgan fingerprint density at radius 2 is 1.83 bits per heavy atom. The highest BCUT2D eigenvalue weighted by molar-refractivity contribution is 6.71. The summed E-state index contributed by atoms with van der Waals surface area (Å²) in [5.74, 6) is -1.01. The molecule has 0 aliphatic carbocycles. The van der Waals surface area contributed by atoms with E-state index in [0.29, 0.717) is 34.4 Å². The van der Waals surface area contributed by atoms with Crippen LogP contribution in [0.1, 0.15) is 24.5 Å². The molecule has 4 aromatic rings. The van der Waals surface area contributed by atoms with Crippen molar-refractivity contribution in [1.82, 2.24) is 14.7 Å². The molecule has 1 spiro atoms. The summed E-state index contributed by atoms with van der Waals surface area (Å²) in [5, 5.41) is 13.5. The van der Waals surface area contributed by atoms with Gasteiger partial charge in [-0.1, -0.05) is 55.5 Å². The number of aromatic amines is 1. The van der Waals surface area contributed by atoms with Gasteiger partial charge in [-0.25, -0.2) is 4.68 Å². The Hall–Kier alpha value is -4.29. The number of carbonyl (C=O) groups excluding carboxylic acids is 2. The highest BCUT2D eigenvalue weighted by atomic mass is 28.4. The summed E-state index contributed by atoms with van der Waals surface area (Å²) >= 11 is 0.